The number of nitriles is 1. The molecule has 3 nitrogen and oxygen atoms in total. The number of nitrogens with one attached hydrogen (secondary N) is 1. The highest BCUT2D eigenvalue weighted by Crippen LogP contribution is 2.45. The Labute approximate surface area is 141 Å². The first kappa shape index (κ1) is 11.3. The topological polar surface area (TPSA) is 45.0 Å². The van der Waals surface area contributed by atoms with Gasteiger partial charge in [0.15, 0.2) is 0 Å². The lowest BCUT2D eigenvalue weighted by atomic mass is 9.81. The molecular weight excluding hydrogens is 291 g/mol. The molecular formula is C19H19FN2O. The zero-order valence-electron chi connectivity index (χ0n) is 16.8. The molecule has 1 aliphatic heterocycles. The van der Waals surface area contributed by atoms with Crippen LogP contribution in [0.1, 0.15) is 40.6 Å². The summed E-state index contributed by atoms with van der Waals surface area (Å²) in [6.45, 7) is 0.849. The zero-order valence-corrected chi connectivity index (χ0v) is 12.8. The lowest BCUT2D eigenvalue weighted by Crippen LogP contribution is -2.28. The molecule has 0 saturated carbocycles. The molecule has 2 aromatic carbocycles. The maximum Gasteiger partial charge on any atom is 0.123 e. The molecule has 118 valence electrons. The second-order valence-electron chi connectivity index (χ2n) is 5.50. The molecule has 1 unspecified atom stereocenters. The van der Waals surface area contributed by atoms with E-state index in [0.717, 1.165) is 5.56 Å². The lowest BCUT2D eigenvalue weighted by molar-refractivity contribution is -0.0128. The minimum absolute atomic E-state index is 0.0402. The van der Waals surface area contributed by atoms with Crippen molar-refractivity contribution in [3.05, 3.63) is 70.4 Å². The Balaban J connectivity index is 2.27. The standard InChI is InChI=1S/C19H19FN2O/c1-22-10-2-9-19(16-4-6-17(20)7-5-16)18-8-3-14(12-21)11-15(18)13-23-19/h3-8,11,22H,2,9-10,13H2,1H3/i4D,5D,6D,7D. The van der Waals surface area contributed by atoms with Gasteiger partial charge in [0.05, 0.1) is 23.7 Å². The van der Waals surface area contributed by atoms with Crippen LogP contribution in [-0.2, 0) is 16.9 Å². The second-order valence-corrected chi connectivity index (χ2v) is 5.50. The predicted octanol–water partition coefficient (Wildman–Crippen LogP) is 3.47. The molecule has 1 heterocycles. The molecule has 1 atom stereocenters. The summed E-state index contributed by atoms with van der Waals surface area (Å²) in [5.41, 5.74) is 0.762. The fourth-order valence-electron chi connectivity index (χ4n) is 3.01. The van der Waals surface area contributed by atoms with Crippen LogP contribution in [0.3, 0.4) is 0 Å². The van der Waals surface area contributed by atoms with Gasteiger partial charge in [-0.25, -0.2) is 4.39 Å². The van der Waals surface area contributed by atoms with E-state index in [4.69, 9.17) is 15.5 Å². The molecule has 0 bridgehead atoms. The van der Waals surface area contributed by atoms with Crippen LogP contribution in [0.25, 0.3) is 0 Å². The highest BCUT2D eigenvalue weighted by Gasteiger charge is 2.41. The van der Waals surface area contributed by atoms with Gasteiger partial charge in [-0.15, -0.1) is 0 Å². The van der Waals surface area contributed by atoms with Gasteiger partial charge in [0.1, 0.15) is 11.4 Å². The van der Waals surface area contributed by atoms with Gasteiger partial charge in [-0.1, -0.05) is 18.2 Å². The molecule has 2 aromatic rings. The van der Waals surface area contributed by atoms with Crippen molar-refractivity contribution in [3.63, 3.8) is 0 Å². The Morgan fingerprint density at radius 1 is 1.39 bits per heavy atom. The lowest BCUT2D eigenvalue weighted by Gasteiger charge is -2.30. The van der Waals surface area contributed by atoms with E-state index >= 15 is 0 Å². The van der Waals surface area contributed by atoms with Crippen molar-refractivity contribution in [1.82, 2.24) is 5.32 Å². The molecule has 4 heteroatoms. The highest BCUT2D eigenvalue weighted by molar-refractivity contribution is 5.47. The number of fused-ring (bicyclic) bond motifs is 1. The Kier molecular flexibility index (Phi) is 3.20. The Hall–Kier alpha value is -2.22. The zero-order chi connectivity index (χ0) is 19.8. The van der Waals surface area contributed by atoms with Gasteiger partial charge in [-0.05, 0) is 67.3 Å². The van der Waals surface area contributed by atoms with Gasteiger partial charge >= 0.3 is 0 Å². The van der Waals surface area contributed by atoms with E-state index in [0.29, 0.717) is 30.5 Å². The van der Waals surface area contributed by atoms with Gasteiger partial charge < -0.3 is 10.1 Å². The van der Waals surface area contributed by atoms with Crippen molar-refractivity contribution in [1.29, 1.82) is 5.26 Å². The van der Waals surface area contributed by atoms with Crippen molar-refractivity contribution in [2.75, 3.05) is 13.6 Å². The number of hydrogen-bond donors (Lipinski definition) is 1. The quantitative estimate of drug-likeness (QED) is 0.860. The number of ether oxygens (including phenoxy) is 1. The van der Waals surface area contributed by atoms with E-state index in [1.54, 1.807) is 18.2 Å². The van der Waals surface area contributed by atoms with Crippen LogP contribution in [0.5, 0.6) is 0 Å². The summed E-state index contributed by atoms with van der Waals surface area (Å²) in [7, 11) is 1.81. The molecule has 0 amide bonds. The van der Waals surface area contributed by atoms with Crippen molar-refractivity contribution in [2.45, 2.75) is 25.0 Å². The molecule has 1 N–H and O–H groups in total. The Morgan fingerprint density at radius 3 is 2.87 bits per heavy atom. The van der Waals surface area contributed by atoms with E-state index in [1.807, 2.05) is 7.05 Å². The van der Waals surface area contributed by atoms with Gasteiger partial charge in [-0.2, -0.15) is 5.26 Å². The summed E-state index contributed by atoms with van der Waals surface area (Å²) in [6, 6.07) is 4.87. The first-order valence-corrected chi connectivity index (χ1v) is 7.45. The van der Waals surface area contributed by atoms with Crippen LogP contribution in [0.15, 0.2) is 42.4 Å². The maximum atomic E-state index is 14.0. The third-order valence-corrected chi connectivity index (χ3v) is 4.10. The highest BCUT2D eigenvalue weighted by atomic mass is 19.1. The average Bonchev–Trinajstić information content (AvgIpc) is 3.03. The van der Waals surface area contributed by atoms with E-state index < -0.39 is 35.6 Å². The predicted molar refractivity (Wildman–Crippen MR) is 86.3 cm³/mol. The number of halogens is 1. The average molecular weight is 314 g/mol. The maximum absolute atomic E-state index is 14.0. The van der Waals surface area contributed by atoms with Crippen molar-refractivity contribution >= 4 is 0 Å². The number of hydrogen-bond acceptors (Lipinski definition) is 3. The number of nitrogens with zero attached hydrogens (tertiary/aromatic N) is 1. The summed E-state index contributed by atoms with van der Waals surface area (Å²) in [5, 5.41) is 12.2. The fourth-order valence-corrected chi connectivity index (χ4v) is 3.01. The van der Waals surface area contributed by atoms with Gasteiger partial charge in [-0.3, -0.25) is 0 Å². The fraction of sp³-hybridized carbons (Fsp3) is 0.316. The second kappa shape index (κ2) is 6.49. The van der Waals surface area contributed by atoms with Crippen LogP contribution >= 0.6 is 0 Å². The van der Waals surface area contributed by atoms with Crippen molar-refractivity contribution in [2.24, 2.45) is 0 Å². The summed E-state index contributed by atoms with van der Waals surface area (Å²) in [4.78, 5) is 0. The Morgan fingerprint density at radius 2 is 2.17 bits per heavy atom. The van der Waals surface area contributed by atoms with E-state index in [1.165, 1.54) is 0 Å². The molecule has 0 aromatic heterocycles. The monoisotopic (exact) mass is 314 g/mol. The molecule has 3 rings (SSSR count). The SMILES string of the molecule is [2H]c1c([2H])c(C2(CCCNC)OCc3cc(C#N)ccc32)c([2H])c([2H])c1F. The third-order valence-electron chi connectivity index (χ3n) is 4.10. The van der Waals surface area contributed by atoms with E-state index in [-0.39, 0.29) is 12.2 Å². The van der Waals surface area contributed by atoms with E-state index in [9.17, 15) is 4.39 Å². The van der Waals surface area contributed by atoms with Crippen LogP contribution in [0.2, 0.25) is 0 Å². The summed E-state index contributed by atoms with van der Waals surface area (Å²) < 4.78 is 52.4. The summed E-state index contributed by atoms with van der Waals surface area (Å²) >= 11 is 0. The molecule has 0 saturated heterocycles. The largest absolute Gasteiger partial charge is 0.361 e. The van der Waals surface area contributed by atoms with Gasteiger partial charge in [0.25, 0.3) is 0 Å². The molecule has 23 heavy (non-hydrogen) atoms. The molecule has 0 aliphatic carbocycles. The Bertz CT molecular complexity index is 915. The normalized spacial score (nSPS) is 21.8. The van der Waals surface area contributed by atoms with Gasteiger partial charge in [0.2, 0.25) is 0 Å². The van der Waals surface area contributed by atoms with Crippen LogP contribution in [0, 0.1) is 17.1 Å². The van der Waals surface area contributed by atoms with Crippen LogP contribution in [-0.4, -0.2) is 13.6 Å². The summed E-state index contributed by atoms with van der Waals surface area (Å²) in [6.07, 6.45) is 1.04. The summed E-state index contributed by atoms with van der Waals surface area (Å²) in [5.74, 6) is -1.17. The minimum atomic E-state index is -1.21. The molecule has 1 aliphatic rings. The molecule has 0 fully saturated rings. The number of rotatable bonds is 5. The molecule has 0 radical (unpaired) electrons. The van der Waals surface area contributed by atoms with Crippen molar-refractivity contribution in [3.8, 4) is 6.07 Å². The first-order chi connectivity index (χ1) is 12.9. The van der Waals surface area contributed by atoms with Crippen LogP contribution < -0.4 is 5.32 Å². The smallest absolute Gasteiger partial charge is 0.123 e. The van der Waals surface area contributed by atoms with Gasteiger partial charge in [0, 0.05) is 0 Å². The third kappa shape index (κ3) is 2.86. The first-order valence-electron chi connectivity index (χ1n) is 9.45. The number of benzene rings is 2. The molecule has 0 spiro atoms. The van der Waals surface area contributed by atoms with E-state index in [2.05, 4.69) is 11.4 Å². The van der Waals surface area contributed by atoms with Crippen molar-refractivity contribution < 1.29 is 14.6 Å². The van der Waals surface area contributed by atoms with Crippen LogP contribution in [0.4, 0.5) is 4.39 Å². The minimum Gasteiger partial charge on any atom is -0.361 e.